The third-order valence-corrected chi connectivity index (χ3v) is 7.80. The first kappa shape index (κ1) is 24.1. The second kappa shape index (κ2) is 10.0. The number of rotatable bonds is 4. The fourth-order valence-corrected chi connectivity index (χ4v) is 5.81. The Bertz CT molecular complexity index is 2170. The van der Waals surface area contributed by atoms with Crippen LogP contribution in [0.1, 0.15) is 0 Å². The van der Waals surface area contributed by atoms with Crippen LogP contribution in [0.5, 0.6) is 0 Å². The summed E-state index contributed by atoms with van der Waals surface area (Å²) in [5.74, 6) is 0. The van der Waals surface area contributed by atoms with Crippen LogP contribution in [0.2, 0.25) is 0 Å². The third-order valence-electron chi connectivity index (χ3n) is 7.80. The van der Waals surface area contributed by atoms with E-state index in [0.717, 1.165) is 55.8 Å². The lowest BCUT2D eigenvalue weighted by molar-refractivity contribution is 1.26. The van der Waals surface area contributed by atoms with E-state index in [1.807, 2.05) is 36.7 Å². The number of fused-ring (bicyclic) bond motifs is 5. The summed E-state index contributed by atoms with van der Waals surface area (Å²) in [7, 11) is 0. The molecule has 42 heavy (non-hydrogen) atoms. The molecular weight excluding hydrogens is 512 g/mol. The number of hydrogen-bond acceptors (Lipinski definition) is 4. The van der Waals surface area contributed by atoms with Crippen molar-refractivity contribution in [3.63, 3.8) is 0 Å². The van der Waals surface area contributed by atoms with E-state index in [-0.39, 0.29) is 0 Å². The second-order valence-corrected chi connectivity index (χ2v) is 10.4. The van der Waals surface area contributed by atoms with Gasteiger partial charge < -0.3 is 0 Å². The number of para-hydroxylation sites is 1. The van der Waals surface area contributed by atoms with Crippen LogP contribution in [0.3, 0.4) is 0 Å². The van der Waals surface area contributed by atoms with Crippen LogP contribution in [-0.4, -0.2) is 19.9 Å². The predicted molar refractivity (Wildman–Crippen MR) is 172 cm³/mol. The van der Waals surface area contributed by atoms with Crippen LogP contribution in [0.15, 0.2) is 146 Å². The predicted octanol–water partition coefficient (Wildman–Crippen LogP) is 9.39. The molecule has 4 heterocycles. The number of hydrogen-bond donors (Lipinski definition) is 0. The molecule has 4 aromatic carbocycles. The van der Waals surface area contributed by atoms with E-state index in [0.29, 0.717) is 0 Å². The Labute approximate surface area is 243 Å². The Morgan fingerprint density at radius 3 is 1.81 bits per heavy atom. The lowest BCUT2D eigenvalue weighted by Gasteiger charge is -2.14. The maximum absolute atomic E-state index is 5.22. The van der Waals surface area contributed by atoms with Crippen molar-refractivity contribution < 1.29 is 0 Å². The summed E-state index contributed by atoms with van der Waals surface area (Å²) in [5.41, 5.74) is 8.87. The van der Waals surface area contributed by atoms with Crippen molar-refractivity contribution in [2.24, 2.45) is 0 Å². The minimum atomic E-state index is 0.866. The van der Waals surface area contributed by atoms with E-state index in [9.17, 15) is 0 Å². The first-order valence-electron chi connectivity index (χ1n) is 14.0. The van der Waals surface area contributed by atoms with Gasteiger partial charge >= 0.3 is 0 Å². The molecule has 0 saturated heterocycles. The highest BCUT2D eigenvalue weighted by molar-refractivity contribution is 6.22. The number of aromatic nitrogens is 4. The summed E-state index contributed by atoms with van der Waals surface area (Å²) in [6.07, 6.45) is 7.27. The van der Waals surface area contributed by atoms with E-state index < -0.39 is 0 Å². The van der Waals surface area contributed by atoms with E-state index >= 15 is 0 Å². The highest BCUT2D eigenvalue weighted by Crippen LogP contribution is 2.38. The van der Waals surface area contributed by atoms with Gasteiger partial charge in [-0.2, -0.15) is 0 Å². The molecule has 0 unspecified atom stereocenters. The molecular formula is C38H24N4. The zero-order chi connectivity index (χ0) is 27.9. The maximum Gasteiger partial charge on any atom is 0.0788 e. The van der Waals surface area contributed by atoms with E-state index in [1.165, 1.54) is 21.5 Å². The Hall–Kier alpha value is -5.74. The van der Waals surface area contributed by atoms with Gasteiger partial charge in [-0.15, -0.1) is 0 Å². The molecule has 0 spiro atoms. The molecule has 0 fully saturated rings. The SMILES string of the molecule is c1cncc(-c2cc(-c3cccc(-c4nc5ccccc5c5c4ccc4ccccc45)c3)cc(-c3cccnc3)n2)c1. The molecule has 0 aliphatic carbocycles. The number of nitrogens with zero attached hydrogens (tertiary/aromatic N) is 4. The van der Waals surface area contributed by atoms with Gasteiger partial charge in [0.25, 0.3) is 0 Å². The normalized spacial score (nSPS) is 11.3. The standard InChI is InChI=1S/C38H24N4/c1-2-13-31-25(8-1)16-17-33-37(31)32-14-3-4-15-34(32)42-38(33)27-10-5-9-26(20-27)30-21-35(28-11-6-18-39-23-28)41-36(22-30)29-12-7-19-40-24-29/h1-24H. The van der Waals surface area contributed by atoms with Crippen molar-refractivity contribution in [3.05, 3.63) is 146 Å². The van der Waals surface area contributed by atoms with Crippen LogP contribution >= 0.6 is 0 Å². The zero-order valence-electron chi connectivity index (χ0n) is 22.6. The molecule has 0 N–H and O–H groups in total. The first-order chi connectivity index (χ1) is 20.8. The molecule has 0 bridgehead atoms. The molecule has 0 saturated carbocycles. The van der Waals surface area contributed by atoms with Gasteiger partial charge in [0.1, 0.15) is 0 Å². The summed E-state index contributed by atoms with van der Waals surface area (Å²) in [6.45, 7) is 0. The lowest BCUT2D eigenvalue weighted by Crippen LogP contribution is -1.93. The molecule has 8 aromatic rings. The highest BCUT2D eigenvalue weighted by atomic mass is 14.7. The molecule has 0 amide bonds. The van der Waals surface area contributed by atoms with E-state index in [4.69, 9.17) is 9.97 Å². The summed E-state index contributed by atoms with van der Waals surface area (Å²) in [6, 6.07) is 42.3. The van der Waals surface area contributed by atoms with Crippen LogP contribution in [-0.2, 0) is 0 Å². The van der Waals surface area contributed by atoms with Gasteiger partial charge in [-0.3, -0.25) is 9.97 Å². The average Bonchev–Trinajstić information content (AvgIpc) is 3.08. The Balaban J connectivity index is 1.35. The Morgan fingerprint density at radius 1 is 0.405 bits per heavy atom. The minimum absolute atomic E-state index is 0.866. The van der Waals surface area contributed by atoms with Crippen molar-refractivity contribution in [1.29, 1.82) is 0 Å². The van der Waals surface area contributed by atoms with Crippen LogP contribution in [0, 0.1) is 0 Å². The molecule has 0 aliphatic rings. The van der Waals surface area contributed by atoms with Gasteiger partial charge in [0, 0.05) is 57.6 Å². The van der Waals surface area contributed by atoms with Crippen molar-refractivity contribution in [1.82, 2.24) is 19.9 Å². The number of benzene rings is 4. The topological polar surface area (TPSA) is 51.6 Å². The lowest BCUT2D eigenvalue weighted by atomic mass is 9.93. The Kier molecular flexibility index (Phi) is 5.75. The van der Waals surface area contributed by atoms with Crippen LogP contribution < -0.4 is 0 Å². The molecule has 4 aromatic heterocycles. The third kappa shape index (κ3) is 4.18. The molecule has 0 aliphatic heterocycles. The van der Waals surface area contributed by atoms with Gasteiger partial charge in [-0.25, -0.2) is 9.97 Å². The van der Waals surface area contributed by atoms with Gasteiger partial charge in [0.15, 0.2) is 0 Å². The molecule has 0 atom stereocenters. The smallest absolute Gasteiger partial charge is 0.0788 e. The quantitative estimate of drug-likeness (QED) is 0.210. The molecule has 4 nitrogen and oxygen atoms in total. The van der Waals surface area contributed by atoms with Crippen LogP contribution in [0.4, 0.5) is 0 Å². The zero-order valence-corrected chi connectivity index (χ0v) is 22.6. The van der Waals surface area contributed by atoms with Crippen molar-refractivity contribution >= 4 is 32.4 Å². The number of pyridine rings is 4. The average molecular weight is 537 g/mol. The molecule has 4 heteroatoms. The van der Waals surface area contributed by atoms with Crippen molar-refractivity contribution in [2.75, 3.05) is 0 Å². The van der Waals surface area contributed by atoms with Crippen molar-refractivity contribution in [3.8, 4) is 44.9 Å². The molecule has 0 radical (unpaired) electrons. The summed E-state index contributed by atoms with van der Waals surface area (Å²) >= 11 is 0. The van der Waals surface area contributed by atoms with Gasteiger partial charge in [-0.1, -0.05) is 72.8 Å². The van der Waals surface area contributed by atoms with E-state index in [2.05, 4.69) is 107 Å². The van der Waals surface area contributed by atoms with Gasteiger partial charge in [-0.05, 0) is 70.4 Å². The van der Waals surface area contributed by atoms with Crippen LogP contribution in [0.25, 0.3) is 77.3 Å². The summed E-state index contributed by atoms with van der Waals surface area (Å²) in [5, 5.41) is 6.01. The monoisotopic (exact) mass is 536 g/mol. The summed E-state index contributed by atoms with van der Waals surface area (Å²) < 4.78 is 0. The largest absolute Gasteiger partial charge is 0.264 e. The first-order valence-corrected chi connectivity index (χ1v) is 14.0. The van der Waals surface area contributed by atoms with Gasteiger partial charge in [0.05, 0.1) is 22.6 Å². The second-order valence-electron chi connectivity index (χ2n) is 10.4. The maximum atomic E-state index is 5.22. The van der Waals surface area contributed by atoms with E-state index in [1.54, 1.807) is 12.4 Å². The molecule has 8 rings (SSSR count). The van der Waals surface area contributed by atoms with Crippen molar-refractivity contribution in [2.45, 2.75) is 0 Å². The highest BCUT2D eigenvalue weighted by Gasteiger charge is 2.15. The fourth-order valence-electron chi connectivity index (χ4n) is 5.81. The molecule has 196 valence electrons. The Morgan fingerprint density at radius 2 is 1.07 bits per heavy atom. The fraction of sp³-hybridized carbons (Fsp3) is 0. The summed E-state index contributed by atoms with van der Waals surface area (Å²) in [4.78, 5) is 18.9. The minimum Gasteiger partial charge on any atom is -0.264 e. The van der Waals surface area contributed by atoms with Gasteiger partial charge in [0.2, 0.25) is 0 Å².